The Hall–Kier alpha value is -2.44. The van der Waals surface area contributed by atoms with Crippen molar-refractivity contribution in [2.75, 3.05) is 0 Å². The fraction of sp³-hybridized carbons (Fsp3) is 0.182. The van der Waals surface area contributed by atoms with Gasteiger partial charge in [0.15, 0.2) is 0 Å². The molecule has 1 aromatic carbocycles. The Morgan fingerprint density at radius 1 is 1.39 bits per heavy atom. The first kappa shape index (κ1) is 12.0. The van der Waals surface area contributed by atoms with Crippen molar-refractivity contribution in [1.29, 1.82) is 0 Å². The summed E-state index contributed by atoms with van der Waals surface area (Å²) >= 11 is 0. The highest BCUT2D eigenvalue weighted by Gasteiger charge is 2.13. The number of aromatic nitrogens is 2. The van der Waals surface area contributed by atoms with Crippen molar-refractivity contribution in [3.8, 4) is 0 Å². The molecule has 7 heteroatoms. The molecule has 0 aliphatic carbocycles. The second kappa shape index (κ2) is 4.10. The fourth-order valence-electron chi connectivity index (χ4n) is 1.75. The topological polar surface area (TPSA) is 81.3 Å². The Morgan fingerprint density at radius 3 is 2.67 bits per heavy atom. The summed E-state index contributed by atoms with van der Waals surface area (Å²) < 4.78 is 14.8. The number of carbonyl (C=O) groups is 1. The monoisotopic (exact) mass is 252 g/mol. The van der Waals surface area contributed by atoms with Crippen molar-refractivity contribution in [3.63, 3.8) is 0 Å². The summed E-state index contributed by atoms with van der Waals surface area (Å²) in [6.07, 6.45) is 0. The lowest BCUT2D eigenvalue weighted by Gasteiger charge is -2.09. The van der Waals surface area contributed by atoms with Gasteiger partial charge in [0, 0.05) is 7.05 Å². The number of benzene rings is 1. The Morgan fingerprint density at radius 2 is 2.06 bits per heavy atom. The number of fused-ring (bicyclic) bond motifs is 1. The summed E-state index contributed by atoms with van der Waals surface area (Å²) in [6.45, 7) is -0.588. The van der Waals surface area contributed by atoms with Crippen LogP contribution in [0.4, 0.5) is 4.39 Å². The van der Waals surface area contributed by atoms with Crippen LogP contribution in [-0.2, 0) is 18.4 Å². The minimum Gasteiger partial charge on any atom is -0.480 e. The molecule has 94 valence electrons. The van der Waals surface area contributed by atoms with E-state index in [0.29, 0.717) is 0 Å². The second-order valence-electron chi connectivity index (χ2n) is 3.79. The van der Waals surface area contributed by atoms with Crippen LogP contribution in [0.3, 0.4) is 0 Å². The summed E-state index contributed by atoms with van der Waals surface area (Å²) in [7, 11) is 1.22. The molecular weight excluding hydrogens is 243 g/mol. The lowest BCUT2D eigenvalue weighted by Crippen LogP contribution is -2.39. The van der Waals surface area contributed by atoms with E-state index in [1.807, 2.05) is 0 Å². The molecule has 0 saturated carbocycles. The van der Waals surface area contributed by atoms with E-state index in [0.717, 1.165) is 21.3 Å². The molecule has 0 amide bonds. The average molecular weight is 252 g/mol. The molecule has 0 radical (unpaired) electrons. The molecule has 2 rings (SSSR count). The molecule has 0 aliphatic rings. The van der Waals surface area contributed by atoms with Crippen LogP contribution in [0, 0.1) is 5.82 Å². The summed E-state index contributed by atoms with van der Waals surface area (Å²) in [5.74, 6) is -1.85. The molecular formula is C11H9FN2O4. The van der Waals surface area contributed by atoms with Gasteiger partial charge in [-0.1, -0.05) is 0 Å². The van der Waals surface area contributed by atoms with E-state index >= 15 is 0 Å². The van der Waals surface area contributed by atoms with Gasteiger partial charge in [-0.05, 0) is 18.2 Å². The zero-order valence-electron chi connectivity index (χ0n) is 9.38. The summed E-state index contributed by atoms with van der Waals surface area (Å²) in [5, 5.41) is 8.72. The predicted octanol–water partition coefficient (Wildman–Crippen LogP) is -0.0761. The number of aliphatic carboxylic acids is 1. The first-order valence-electron chi connectivity index (χ1n) is 5.02. The highest BCUT2D eigenvalue weighted by atomic mass is 19.1. The van der Waals surface area contributed by atoms with Gasteiger partial charge in [-0.2, -0.15) is 0 Å². The third kappa shape index (κ3) is 1.79. The van der Waals surface area contributed by atoms with Crippen LogP contribution in [0.2, 0.25) is 0 Å². The SMILES string of the molecule is Cn1c(=O)c2cc(F)ccc2n(CC(=O)O)c1=O. The molecule has 0 aliphatic heterocycles. The quantitative estimate of drug-likeness (QED) is 0.810. The van der Waals surface area contributed by atoms with Gasteiger partial charge in [-0.3, -0.25) is 18.7 Å². The van der Waals surface area contributed by atoms with Crippen LogP contribution in [-0.4, -0.2) is 20.2 Å². The molecule has 1 aromatic heterocycles. The van der Waals surface area contributed by atoms with Crippen molar-refractivity contribution in [3.05, 3.63) is 44.9 Å². The largest absolute Gasteiger partial charge is 0.480 e. The normalized spacial score (nSPS) is 10.8. The Bertz CT molecular complexity index is 760. The first-order valence-corrected chi connectivity index (χ1v) is 5.02. The molecule has 0 spiro atoms. The summed E-state index contributed by atoms with van der Waals surface area (Å²) in [6, 6.07) is 3.27. The minimum absolute atomic E-state index is 0.0293. The summed E-state index contributed by atoms with van der Waals surface area (Å²) in [4.78, 5) is 34.3. The van der Waals surface area contributed by atoms with Crippen LogP contribution in [0.25, 0.3) is 10.9 Å². The smallest absolute Gasteiger partial charge is 0.331 e. The second-order valence-corrected chi connectivity index (χ2v) is 3.79. The number of halogens is 1. The highest BCUT2D eigenvalue weighted by molar-refractivity contribution is 5.79. The number of carboxylic acid groups (broad SMARTS) is 1. The zero-order chi connectivity index (χ0) is 13.4. The maximum absolute atomic E-state index is 13.1. The minimum atomic E-state index is -1.22. The van der Waals surface area contributed by atoms with Gasteiger partial charge in [-0.15, -0.1) is 0 Å². The lowest BCUT2D eigenvalue weighted by molar-refractivity contribution is -0.137. The van der Waals surface area contributed by atoms with E-state index in [2.05, 4.69) is 0 Å². The van der Waals surface area contributed by atoms with Crippen molar-refractivity contribution in [2.45, 2.75) is 6.54 Å². The van der Waals surface area contributed by atoms with Gasteiger partial charge in [0.2, 0.25) is 0 Å². The van der Waals surface area contributed by atoms with E-state index in [1.165, 1.54) is 13.1 Å². The highest BCUT2D eigenvalue weighted by Crippen LogP contribution is 2.10. The van der Waals surface area contributed by atoms with E-state index in [1.54, 1.807) is 0 Å². The molecule has 0 unspecified atom stereocenters. The van der Waals surface area contributed by atoms with Crippen LogP contribution in [0.5, 0.6) is 0 Å². The molecule has 0 atom stereocenters. The Labute approximate surface area is 99.5 Å². The standard InChI is InChI=1S/C11H9FN2O4/c1-13-10(17)7-4-6(12)2-3-8(7)14(11(13)18)5-9(15)16/h2-4H,5H2,1H3,(H,15,16). The maximum Gasteiger partial charge on any atom is 0.331 e. The van der Waals surface area contributed by atoms with Crippen LogP contribution in [0.1, 0.15) is 0 Å². The molecule has 2 aromatic rings. The van der Waals surface area contributed by atoms with Gasteiger partial charge in [0.25, 0.3) is 5.56 Å². The van der Waals surface area contributed by atoms with E-state index < -0.39 is 29.6 Å². The zero-order valence-corrected chi connectivity index (χ0v) is 9.38. The van der Waals surface area contributed by atoms with E-state index in [9.17, 15) is 18.8 Å². The van der Waals surface area contributed by atoms with Crippen molar-refractivity contribution in [1.82, 2.24) is 9.13 Å². The molecule has 6 nitrogen and oxygen atoms in total. The van der Waals surface area contributed by atoms with Crippen LogP contribution < -0.4 is 11.2 Å². The van der Waals surface area contributed by atoms with Crippen molar-refractivity contribution in [2.24, 2.45) is 7.05 Å². The van der Waals surface area contributed by atoms with Crippen molar-refractivity contribution >= 4 is 16.9 Å². The number of carboxylic acids is 1. The van der Waals surface area contributed by atoms with Crippen LogP contribution in [0.15, 0.2) is 27.8 Å². The molecule has 0 saturated heterocycles. The molecule has 1 N–H and O–H groups in total. The predicted molar refractivity (Wildman–Crippen MR) is 61.0 cm³/mol. The van der Waals surface area contributed by atoms with Gasteiger partial charge < -0.3 is 5.11 Å². The van der Waals surface area contributed by atoms with Gasteiger partial charge in [0.05, 0.1) is 10.9 Å². The average Bonchev–Trinajstić information content (AvgIpc) is 2.32. The first-order chi connectivity index (χ1) is 8.41. The number of rotatable bonds is 2. The summed E-state index contributed by atoms with van der Waals surface area (Å²) in [5.41, 5.74) is -1.30. The van der Waals surface area contributed by atoms with Gasteiger partial charge in [0.1, 0.15) is 12.4 Å². The van der Waals surface area contributed by atoms with Gasteiger partial charge in [-0.25, -0.2) is 9.18 Å². The molecule has 18 heavy (non-hydrogen) atoms. The number of hydrogen-bond acceptors (Lipinski definition) is 3. The molecule has 0 fully saturated rings. The number of nitrogens with zero attached hydrogens (tertiary/aromatic N) is 2. The Kier molecular flexibility index (Phi) is 2.74. The van der Waals surface area contributed by atoms with Crippen LogP contribution >= 0.6 is 0 Å². The van der Waals surface area contributed by atoms with Crippen molar-refractivity contribution < 1.29 is 14.3 Å². The maximum atomic E-state index is 13.1. The lowest BCUT2D eigenvalue weighted by atomic mass is 10.2. The third-order valence-electron chi connectivity index (χ3n) is 2.60. The molecule has 1 heterocycles. The molecule has 0 bridgehead atoms. The van der Waals surface area contributed by atoms with E-state index in [4.69, 9.17) is 5.11 Å². The third-order valence-corrected chi connectivity index (χ3v) is 2.60. The van der Waals surface area contributed by atoms with E-state index in [-0.39, 0.29) is 10.9 Å². The Balaban J connectivity index is 2.97. The number of hydrogen-bond donors (Lipinski definition) is 1. The fourth-order valence-corrected chi connectivity index (χ4v) is 1.75. The van der Waals surface area contributed by atoms with Gasteiger partial charge >= 0.3 is 11.7 Å².